The average molecular weight is 750 g/mol. The van der Waals surface area contributed by atoms with E-state index in [0.29, 0.717) is 0 Å². The fraction of sp³-hybridized carbons (Fsp3) is 0.0417. The monoisotopic (exact) mass is 750 g/mol. The van der Waals surface area contributed by atoms with Gasteiger partial charge in [0.05, 0.1) is 14.1 Å². The molecule has 38 heavy (non-hydrogen) atoms. The molecule has 0 aliphatic rings. The van der Waals surface area contributed by atoms with Crippen molar-refractivity contribution in [2.75, 3.05) is 0 Å². The molecule has 0 aliphatic heterocycles. The van der Waals surface area contributed by atoms with Gasteiger partial charge in [-0.05, 0) is 36.4 Å². The summed E-state index contributed by atoms with van der Waals surface area (Å²) in [6, 6.07) is 32.5. The van der Waals surface area contributed by atoms with Crippen LogP contribution in [-0.2, 0) is 32.5 Å². The second-order valence-corrected chi connectivity index (χ2v) is 10.7. The van der Waals surface area contributed by atoms with E-state index >= 15 is 0 Å². The Bertz CT molecular complexity index is 1230. The number of hydrogen-bond donors (Lipinski definition) is 1. The van der Waals surface area contributed by atoms with Crippen molar-refractivity contribution in [3.63, 3.8) is 0 Å². The van der Waals surface area contributed by atoms with Crippen molar-refractivity contribution in [1.82, 2.24) is 9.97 Å². The van der Waals surface area contributed by atoms with Crippen molar-refractivity contribution in [1.29, 1.82) is 0 Å². The maximum absolute atomic E-state index is 10.7. The second kappa shape index (κ2) is 16.8. The molecule has 206 valence electrons. The van der Waals surface area contributed by atoms with E-state index in [1.165, 1.54) is 34.5 Å². The van der Waals surface area contributed by atoms with Crippen LogP contribution in [0.4, 0.5) is 13.2 Å². The van der Waals surface area contributed by atoms with Crippen molar-refractivity contribution >= 4 is 39.9 Å². The smallest absolute Gasteiger partial charge is 0.741 e. The molecular formula is C24H23AuF3N3O5PS+. The Kier molecular flexibility index (Phi) is 15.5. The van der Waals surface area contributed by atoms with E-state index in [2.05, 4.69) is 101 Å². The number of nitrogens with two attached hydrogens (primary N) is 1. The van der Waals surface area contributed by atoms with Gasteiger partial charge in [0, 0.05) is 12.4 Å². The number of benzene rings is 3. The summed E-state index contributed by atoms with van der Waals surface area (Å²) in [5.74, 6) is -0.553. The van der Waals surface area contributed by atoms with Crippen LogP contribution in [0.2, 0.25) is 0 Å². The van der Waals surface area contributed by atoms with E-state index < -0.39 is 29.5 Å². The van der Waals surface area contributed by atoms with Gasteiger partial charge in [-0.1, -0.05) is 54.6 Å². The molecule has 0 atom stereocenters. The third kappa shape index (κ3) is 11.6. The van der Waals surface area contributed by atoms with Crippen molar-refractivity contribution in [2.24, 2.45) is 5.73 Å². The first kappa shape index (κ1) is 35.0. The molecule has 0 fully saturated rings. The predicted octanol–water partition coefficient (Wildman–Crippen LogP) is 1.98. The first-order chi connectivity index (χ1) is 17.0. The summed E-state index contributed by atoms with van der Waals surface area (Å²) in [7, 11) is -6.97. The number of rotatable bonds is 4. The summed E-state index contributed by atoms with van der Waals surface area (Å²) in [6.07, 6.45) is 4.22. The molecule has 1 aromatic heterocycles. The van der Waals surface area contributed by atoms with Gasteiger partial charge in [-0.15, -0.1) is 0 Å². The molecule has 0 radical (unpaired) electrons. The summed E-state index contributed by atoms with van der Waals surface area (Å²) < 4.78 is 58.9. The molecule has 3 aromatic carbocycles. The van der Waals surface area contributed by atoms with E-state index in [9.17, 15) is 18.0 Å². The maximum atomic E-state index is 10.7. The molecule has 4 N–H and O–H groups in total. The van der Waals surface area contributed by atoms with Crippen LogP contribution >= 0.6 is 7.92 Å². The predicted molar refractivity (Wildman–Crippen MR) is 136 cm³/mol. The molecule has 8 nitrogen and oxygen atoms in total. The molecule has 4 aromatic rings. The first-order valence-corrected chi connectivity index (χ1v) is 13.0. The number of hydrogen-bond acceptors (Lipinski definition) is 6. The number of halogens is 3. The number of primary amides is 1. The zero-order chi connectivity index (χ0) is 26.6. The van der Waals surface area contributed by atoms with Crippen LogP contribution in [0, 0.1) is 0 Å². The maximum Gasteiger partial charge on any atom is 1.00 e. The van der Waals surface area contributed by atoms with Crippen molar-refractivity contribution < 1.29 is 58.8 Å². The molecule has 1 amide bonds. The van der Waals surface area contributed by atoms with Gasteiger partial charge in [0.25, 0.3) is 5.91 Å². The number of aromatic nitrogens is 2. The largest absolute Gasteiger partial charge is 1.00 e. The molecule has 0 saturated carbocycles. The molecule has 0 saturated heterocycles. The Morgan fingerprint density at radius 1 is 0.789 bits per heavy atom. The zero-order valence-electron chi connectivity index (χ0n) is 19.3. The van der Waals surface area contributed by atoms with Gasteiger partial charge >= 0.3 is 27.9 Å². The molecular weight excluding hydrogens is 727 g/mol. The second-order valence-electron chi connectivity index (χ2n) is 6.83. The number of nitrogens with zero attached hydrogens (tertiary/aromatic N) is 2. The minimum atomic E-state index is -6.09. The van der Waals surface area contributed by atoms with E-state index in [4.69, 9.17) is 18.7 Å². The van der Waals surface area contributed by atoms with Crippen molar-refractivity contribution in [3.05, 3.63) is 115 Å². The Balaban J connectivity index is 0.000000610. The average Bonchev–Trinajstić information content (AvgIpc) is 2.86. The van der Waals surface area contributed by atoms with Gasteiger partial charge in [-0.3, -0.25) is 9.78 Å². The third-order valence-corrected chi connectivity index (χ3v) is 7.59. The van der Waals surface area contributed by atoms with Gasteiger partial charge in [0.2, 0.25) is 0 Å². The number of carbonyl (C=O) groups is 1. The Morgan fingerprint density at radius 2 is 1.13 bits per heavy atom. The van der Waals surface area contributed by atoms with Crippen molar-refractivity contribution in [3.8, 4) is 0 Å². The minimum absolute atomic E-state index is 0. The van der Waals surface area contributed by atoms with Crippen molar-refractivity contribution in [2.45, 2.75) is 5.51 Å². The summed E-state index contributed by atoms with van der Waals surface area (Å²) in [5, 5.41) is 4.31. The Labute approximate surface area is 234 Å². The zero-order valence-corrected chi connectivity index (χ0v) is 23.3. The quantitative estimate of drug-likeness (QED) is 0.146. The molecule has 0 bridgehead atoms. The van der Waals surface area contributed by atoms with Crippen LogP contribution in [0.25, 0.3) is 0 Å². The van der Waals surface area contributed by atoms with Crippen LogP contribution in [0.3, 0.4) is 0 Å². The first-order valence-electron chi connectivity index (χ1n) is 10.1. The third-order valence-electron chi connectivity index (χ3n) is 4.29. The summed E-state index contributed by atoms with van der Waals surface area (Å²) in [6.45, 7) is 0. The number of carbonyl (C=O) groups excluding carboxylic acids is 1. The van der Waals surface area contributed by atoms with E-state index in [1.807, 2.05) is 0 Å². The normalized spacial score (nSPS) is 10.3. The summed E-state index contributed by atoms with van der Waals surface area (Å²) in [5.41, 5.74) is -0.581. The summed E-state index contributed by atoms with van der Waals surface area (Å²) in [4.78, 5) is 17.6. The molecule has 0 aliphatic carbocycles. The SMILES string of the molecule is NC(=O)c1cnccn1.O.O=S(=O)([O-])C(F)(F)F.[Au+].c1ccc([PH+](c2ccccc2)c2ccccc2)cc1. The van der Waals surface area contributed by atoms with Gasteiger partial charge in [-0.25, -0.2) is 13.4 Å². The van der Waals surface area contributed by atoms with Gasteiger partial charge in [-0.2, -0.15) is 13.2 Å². The van der Waals surface area contributed by atoms with Gasteiger partial charge < -0.3 is 15.8 Å². The number of alkyl halides is 3. The minimum Gasteiger partial charge on any atom is -0.741 e. The Hall–Kier alpha value is -2.96. The van der Waals surface area contributed by atoms with Crippen LogP contribution in [0.1, 0.15) is 10.5 Å². The van der Waals surface area contributed by atoms with Gasteiger partial charge in [0.1, 0.15) is 21.6 Å². The Morgan fingerprint density at radius 3 is 1.34 bits per heavy atom. The fourth-order valence-corrected chi connectivity index (χ4v) is 5.32. The molecule has 0 spiro atoms. The molecule has 1 heterocycles. The molecule has 4 rings (SSSR count). The standard InChI is InChI=1S/C18H15P.C5H5N3O.CHF3O3S.Au.H2O/c1-4-10-16(11-5-1)19(17-12-6-2-7-13-17)18-14-8-3-9-15-18;6-5(9)4-3-7-1-2-8-4;2-1(3,4)8(5,6)7;;/h1-15H;1-3H,(H2,6,9);(H,5,6,7);;1H2/q;;;+1;. The van der Waals surface area contributed by atoms with Gasteiger partial charge in [0.15, 0.2) is 10.1 Å². The summed E-state index contributed by atoms with van der Waals surface area (Å²) >= 11 is 0. The molecule has 14 heteroatoms. The van der Waals surface area contributed by atoms with Crippen LogP contribution < -0.4 is 21.6 Å². The van der Waals surface area contributed by atoms with Crippen LogP contribution in [0.5, 0.6) is 0 Å². The topological polar surface area (TPSA) is 158 Å². The van der Waals surface area contributed by atoms with E-state index in [-0.39, 0.29) is 33.6 Å². The van der Waals surface area contributed by atoms with Crippen LogP contribution in [0.15, 0.2) is 110 Å². The van der Waals surface area contributed by atoms with E-state index in [0.717, 1.165) is 0 Å². The molecule has 0 unspecified atom stereocenters. The number of amides is 1. The van der Waals surface area contributed by atoms with E-state index in [1.54, 1.807) is 0 Å². The fourth-order valence-electron chi connectivity index (χ4n) is 2.74. The van der Waals surface area contributed by atoms with Crippen LogP contribution in [-0.4, -0.2) is 39.8 Å².